The molecule has 0 bridgehead atoms. The molecule has 3 N–H and O–H groups in total. The molecular formula is C8H12O4. The lowest BCUT2D eigenvalue weighted by atomic mass is 10.2. The summed E-state index contributed by atoms with van der Waals surface area (Å²) in [4.78, 5) is 3.92. The molecule has 0 saturated heterocycles. The summed E-state index contributed by atoms with van der Waals surface area (Å²) in [6, 6.07) is 4.51. The molecular weight excluding hydrogens is 160 g/mol. The molecule has 0 unspecified atom stereocenters. The van der Waals surface area contributed by atoms with Crippen molar-refractivity contribution in [2.75, 3.05) is 7.11 Å². The zero-order valence-corrected chi connectivity index (χ0v) is 6.98. The Morgan fingerprint density at radius 1 is 1.17 bits per heavy atom. The molecule has 68 valence electrons. The summed E-state index contributed by atoms with van der Waals surface area (Å²) in [5.41, 5.74) is 0.837. The van der Waals surface area contributed by atoms with Crippen molar-refractivity contribution in [3.8, 4) is 11.5 Å². The molecule has 0 aliphatic heterocycles. The van der Waals surface area contributed by atoms with E-state index in [0.717, 1.165) is 12.7 Å². The standard InChI is InChI=1S/C7H8O3.CH4O/c1-5-2-6(8)4-7(3-5)10-9;1-2/h2-4,8-9H,1H3;2H,1H3. The largest absolute Gasteiger partial charge is 0.508 e. The van der Waals surface area contributed by atoms with Crippen LogP contribution in [0.4, 0.5) is 0 Å². The van der Waals surface area contributed by atoms with Gasteiger partial charge in [0.2, 0.25) is 0 Å². The first-order valence-corrected chi connectivity index (χ1v) is 3.29. The van der Waals surface area contributed by atoms with E-state index in [1.807, 2.05) is 0 Å². The topological polar surface area (TPSA) is 69.9 Å². The lowest BCUT2D eigenvalue weighted by Crippen LogP contribution is -1.83. The summed E-state index contributed by atoms with van der Waals surface area (Å²) in [7, 11) is 1.00. The SMILES string of the molecule is CO.Cc1cc(O)cc(OO)c1. The van der Waals surface area contributed by atoms with Gasteiger partial charge in [0.15, 0.2) is 5.75 Å². The summed E-state index contributed by atoms with van der Waals surface area (Å²) < 4.78 is 0. The van der Waals surface area contributed by atoms with E-state index in [9.17, 15) is 0 Å². The molecule has 0 fully saturated rings. The second kappa shape index (κ2) is 5.40. The van der Waals surface area contributed by atoms with Crippen LogP contribution < -0.4 is 4.89 Å². The van der Waals surface area contributed by atoms with E-state index in [0.29, 0.717) is 0 Å². The molecule has 4 nitrogen and oxygen atoms in total. The number of rotatable bonds is 1. The van der Waals surface area contributed by atoms with Crippen molar-refractivity contribution in [3.05, 3.63) is 23.8 Å². The van der Waals surface area contributed by atoms with Crippen molar-refractivity contribution in [1.29, 1.82) is 0 Å². The van der Waals surface area contributed by atoms with Crippen molar-refractivity contribution in [2.24, 2.45) is 0 Å². The average molecular weight is 172 g/mol. The Hall–Kier alpha value is -1.26. The number of phenolic OH excluding ortho intramolecular Hbond substituents is 1. The van der Waals surface area contributed by atoms with Crippen LogP contribution in [0.15, 0.2) is 18.2 Å². The fraction of sp³-hybridized carbons (Fsp3) is 0.250. The molecule has 1 rings (SSSR count). The lowest BCUT2D eigenvalue weighted by molar-refractivity contribution is -0.137. The highest BCUT2D eigenvalue weighted by Gasteiger charge is 1.95. The Morgan fingerprint density at radius 2 is 1.75 bits per heavy atom. The molecule has 0 heterocycles. The summed E-state index contributed by atoms with van der Waals surface area (Å²) in [5.74, 6) is 0.335. The first-order valence-electron chi connectivity index (χ1n) is 3.29. The molecule has 0 aromatic heterocycles. The summed E-state index contributed by atoms with van der Waals surface area (Å²) in [5, 5.41) is 24.1. The summed E-state index contributed by atoms with van der Waals surface area (Å²) >= 11 is 0. The van der Waals surface area contributed by atoms with E-state index in [1.165, 1.54) is 6.07 Å². The third kappa shape index (κ3) is 3.23. The minimum Gasteiger partial charge on any atom is -0.508 e. The van der Waals surface area contributed by atoms with E-state index in [-0.39, 0.29) is 11.5 Å². The molecule has 0 amide bonds. The Labute approximate surface area is 70.6 Å². The van der Waals surface area contributed by atoms with Crippen LogP contribution in [0.25, 0.3) is 0 Å². The molecule has 0 radical (unpaired) electrons. The van der Waals surface area contributed by atoms with Crippen LogP contribution in [-0.4, -0.2) is 22.6 Å². The maximum absolute atomic E-state index is 8.93. The summed E-state index contributed by atoms with van der Waals surface area (Å²) in [6.07, 6.45) is 0. The van der Waals surface area contributed by atoms with Gasteiger partial charge in [0.25, 0.3) is 0 Å². The minimum atomic E-state index is 0.0871. The average Bonchev–Trinajstić information content (AvgIpc) is 2.06. The maximum Gasteiger partial charge on any atom is 0.169 e. The van der Waals surface area contributed by atoms with Crippen molar-refractivity contribution in [3.63, 3.8) is 0 Å². The van der Waals surface area contributed by atoms with Crippen LogP contribution in [0, 0.1) is 6.92 Å². The highest BCUT2D eigenvalue weighted by molar-refractivity contribution is 5.36. The van der Waals surface area contributed by atoms with Gasteiger partial charge >= 0.3 is 0 Å². The Balaban J connectivity index is 0.000000561. The maximum atomic E-state index is 8.93. The van der Waals surface area contributed by atoms with Gasteiger partial charge in [-0.2, -0.15) is 0 Å². The first kappa shape index (κ1) is 10.7. The normalized spacial score (nSPS) is 8.33. The second-order valence-electron chi connectivity index (χ2n) is 2.10. The van der Waals surface area contributed by atoms with Gasteiger partial charge in [-0.1, -0.05) is 0 Å². The van der Waals surface area contributed by atoms with Gasteiger partial charge in [0.05, 0.1) is 0 Å². The Morgan fingerprint density at radius 3 is 2.17 bits per heavy atom. The van der Waals surface area contributed by atoms with E-state index in [4.69, 9.17) is 15.5 Å². The summed E-state index contributed by atoms with van der Waals surface area (Å²) in [6.45, 7) is 1.79. The number of phenols is 1. The van der Waals surface area contributed by atoms with Gasteiger partial charge in [0, 0.05) is 13.2 Å². The van der Waals surface area contributed by atoms with Gasteiger partial charge in [-0.3, -0.25) is 0 Å². The molecule has 0 spiro atoms. The Bertz CT molecular complexity index is 214. The van der Waals surface area contributed by atoms with E-state index in [2.05, 4.69) is 4.89 Å². The third-order valence-electron chi connectivity index (χ3n) is 1.14. The zero-order valence-electron chi connectivity index (χ0n) is 6.98. The zero-order chi connectivity index (χ0) is 9.56. The number of hydrogen-bond donors (Lipinski definition) is 3. The number of benzene rings is 1. The monoisotopic (exact) mass is 172 g/mol. The van der Waals surface area contributed by atoms with E-state index < -0.39 is 0 Å². The second-order valence-corrected chi connectivity index (χ2v) is 2.10. The number of aliphatic hydroxyl groups excluding tert-OH is 1. The first-order chi connectivity index (χ1) is 5.72. The van der Waals surface area contributed by atoms with Gasteiger partial charge in [-0.25, -0.2) is 5.26 Å². The number of aromatic hydroxyl groups is 1. The third-order valence-corrected chi connectivity index (χ3v) is 1.14. The fourth-order valence-corrected chi connectivity index (χ4v) is 0.781. The number of aryl methyl sites for hydroxylation is 1. The predicted octanol–water partition coefficient (Wildman–Crippen LogP) is 1.16. The number of hydrogen-bond acceptors (Lipinski definition) is 4. The van der Waals surface area contributed by atoms with Crippen molar-refractivity contribution < 1.29 is 20.4 Å². The van der Waals surface area contributed by atoms with Crippen LogP contribution in [0.1, 0.15) is 5.56 Å². The molecule has 0 atom stereocenters. The lowest BCUT2D eigenvalue weighted by Gasteiger charge is -1.98. The van der Waals surface area contributed by atoms with Gasteiger partial charge in [0.1, 0.15) is 5.75 Å². The molecule has 12 heavy (non-hydrogen) atoms. The highest BCUT2D eigenvalue weighted by atomic mass is 17.1. The van der Waals surface area contributed by atoms with Crippen LogP contribution in [0.5, 0.6) is 11.5 Å². The van der Waals surface area contributed by atoms with Crippen LogP contribution >= 0.6 is 0 Å². The smallest absolute Gasteiger partial charge is 0.169 e. The Kier molecular flexibility index (Phi) is 4.83. The molecule has 0 aliphatic rings. The van der Waals surface area contributed by atoms with Gasteiger partial charge in [-0.15, -0.1) is 0 Å². The van der Waals surface area contributed by atoms with Crippen LogP contribution in [0.2, 0.25) is 0 Å². The molecule has 1 aromatic carbocycles. The highest BCUT2D eigenvalue weighted by Crippen LogP contribution is 2.20. The quantitative estimate of drug-likeness (QED) is 0.439. The molecule has 1 aromatic rings. The van der Waals surface area contributed by atoms with E-state index in [1.54, 1.807) is 19.1 Å². The molecule has 4 heteroatoms. The van der Waals surface area contributed by atoms with Crippen molar-refractivity contribution in [2.45, 2.75) is 6.92 Å². The molecule has 0 saturated carbocycles. The minimum absolute atomic E-state index is 0.0871. The predicted molar refractivity (Wildman–Crippen MR) is 44.2 cm³/mol. The number of aliphatic hydroxyl groups is 1. The van der Waals surface area contributed by atoms with Gasteiger partial charge in [-0.05, 0) is 24.6 Å². The molecule has 0 aliphatic carbocycles. The van der Waals surface area contributed by atoms with Crippen molar-refractivity contribution >= 4 is 0 Å². The van der Waals surface area contributed by atoms with Crippen LogP contribution in [0.3, 0.4) is 0 Å². The van der Waals surface area contributed by atoms with E-state index >= 15 is 0 Å². The van der Waals surface area contributed by atoms with Crippen LogP contribution in [-0.2, 0) is 0 Å². The fourth-order valence-electron chi connectivity index (χ4n) is 0.781. The van der Waals surface area contributed by atoms with Crippen molar-refractivity contribution in [1.82, 2.24) is 0 Å². The van der Waals surface area contributed by atoms with Gasteiger partial charge < -0.3 is 15.1 Å².